The summed E-state index contributed by atoms with van der Waals surface area (Å²) >= 11 is 1.32. The lowest BCUT2D eigenvalue weighted by Gasteiger charge is -2.14. The van der Waals surface area contributed by atoms with Gasteiger partial charge in [-0.2, -0.15) is 13.2 Å². The first-order valence-corrected chi connectivity index (χ1v) is 8.64. The largest absolute Gasteiger partial charge is 0.405 e. The number of carbonyl (C=O) groups is 1. The van der Waals surface area contributed by atoms with Crippen LogP contribution in [0.4, 0.5) is 24.5 Å². The van der Waals surface area contributed by atoms with Gasteiger partial charge in [-0.25, -0.2) is 4.98 Å². The Labute approximate surface area is 148 Å². The summed E-state index contributed by atoms with van der Waals surface area (Å²) in [5, 5.41) is 5.85. The van der Waals surface area contributed by atoms with Gasteiger partial charge in [0.15, 0.2) is 0 Å². The number of hydrogen-bond donors (Lipinski definition) is 2. The van der Waals surface area contributed by atoms with E-state index >= 15 is 0 Å². The molecule has 0 bridgehead atoms. The zero-order chi connectivity index (χ0) is 18.6. The number of benzene rings is 1. The molecule has 2 N–H and O–H groups in total. The summed E-state index contributed by atoms with van der Waals surface area (Å²) in [5.41, 5.74) is 1.14. The zero-order valence-corrected chi connectivity index (χ0v) is 15.0. The highest BCUT2D eigenvalue weighted by molar-refractivity contribution is 7.13. The highest BCUT2D eigenvalue weighted by atomic mass is 32.1. The predicted octanol–water partition coefficient (Wildman–Crippen LogP) is 4.88. The number of nitrogens with zero attached hydrogens (tertiary/aromatic N) is 1. The fourth-order valence-electron chi connectivity index (χ4n) is 2.22. The predicted molar refractivity (Wildman–Crippen MR) is 94.3 cm³/mol. The monoisotopic (exact) mass is 371 g/mol. The van der Waals surface area contributed by atoms with Crippen LogP contribution in [0, 0.1) is 12.8 Å². The molecule has 0 saturated heterocycles. The number of nitrogens with one attached hydrogen (secondary N) is 2. The summed E-state index contributed by atoms with van der Waals surface area (Å²) in [6.45, 7) is 4.72. The fraction of sp³-hybridized carbons (Fsp3) is 0.412. The fourth-order valence-corrected chi connectivity index (χ4v) is 3.39. The van der Waals surface area contributed by atoms with Crippen molar-refractivity contribution in [2.75, 3.05) is 17.2 Å². The second-order valence-corrected chi connectivity index (χ2v) is 7.17. The van der Waals surface area contributed by atoms with Crippen LogP contribution in [0.15, 0.2) is 24.3 Å². The Balaban J connectivity index is 2.14. The Hall–Kier alpha value is -2.09. The molecule has 0 atom stereocenters. The third kappa shape index (κ3) is 5.74. The zero-order valence-electron chi connectivity index (χ0n) is 14.2. The summed E-state index contributed by atoms with van der Waals surface area (Å²) in [4.78, 5) is 17.4. The number of aryl methyl sites for hydroxylation is 1. The average molecular weight is 371 g/mol. The van der Waals surface area contributed by atoms with Crippen LogP contribution in [-0.4, -0.2) is 23.6 Å². The van der Waals surface area contributed by atoms with Crippen molar-refractivity contribution >= 4 is 28.6 Å². The lowest BCUT2D eigenvalue weighted by atomic mass is 10.1. The number of halogens is 3. The van der Waals surface area contributed by atoms with E-state index in [0.717, 1.165) is 11.4 Å². The van der Waals surface area contributed by atoms with Crippen LogP contribution < -0.4 is 10.6 Å². The SMILES string of the molecule is Cc1nc(CC(C)C)sc1C(=O)Nc1ccccc1NCC(F)(F)F. The molecule has 4 nitrogen and oxygen atoms in total. The molecule has 0 radical (unpaired) electrons. The second-order valence-electron chi connectivity index (χ2n) is 6.09. The Morgan fingerprint density at radius 1 is 1.24 bits per heavy atom. The minimum atomic E-state index is -4.34. The van der Waals surface area contributed by atoms with E-state index in [1.54, 1.807) is 25.1 Å². The molecule has 0 unspecified atom stereocenters. The van der Waals surface area contributed by atoms with Gasteiger partial charge in [-0.1, -0.05) is 26.0 Å². The maximum Gasteiger partial charge on any atom is 0.405 e. The van der Waals surface area contributed by atoms with Gasteiger partial charge in [0.05, 0.1) is 22.1 Å². The number of thiazole rings is 1. The smallest absolute Gasteiger partial charge is 0.375 e. The standard InChI is InChI=1S/C17H20F3N3OS/c1-10(2)8-14-22-11(3)15(25-14)16(24)23-13-7-5-4-6-12(13)21-9-17(18,19)20/h4-7,10,21H,8-9H2,1-3H3,(H,23,24). The molecule has 8 heteroatoms. The lowest BCUT2D eigenvalue weighted by Crippen LogP contribution is -2.22. The van der Waals surface area contributed by atoms with Gasteiger partial charge in [-0.3, -0.25) is 4.79 Å². The van der Waals surface area contributed by atoms with Crippen LogP contribution in [0.3, 0.4) is 0 Å². The number of aromatic nitrogens is 1. The normalized spacial score (nSPS) is 11.6. The molecule has 25 heavy (non-hydrogen) atoms. The molecule has 0 spiro atoms. The number of carbonyl (C=O) groups excluding carboxylic acids is 1. The summed E-state index contributed by atoms with van der Waals surface area (Å²) in [7, 11) is 0. The van der Waals surface area contributed by atoms with Gasteiger partial charge in [-0.05, 0) is 25.0 Å². The highest BCUT2D eigenvalue weighted by Crippen LogP contribution is 2.26. The van der Waals surface area contributed by atoms with Gasteiger partial charge in [0, 0.05) is 6.42 Å². The summed E-state index contributed by atoms with van der Waals surface area (Å²) in [6, 6.07) is 6.30. The molecule has 0 aliphatic rings. The van der Waals surface area contributed by atoms with Crippen LogP contribution >= 0.6 is 11.3 Å². The van der Waals surface area contributed by atoms with Crippen molar-refractivity contribution in [2.24, 2.45) is 5.92 Å². The van der Waals surface area contributed by atoms with E-state index in [1.165, 1.54) is 17.4 Å². The molecule has 2 aromatic rings. The van der Waals surface area contributed by atoms with Crippen molar-refractivity contribution in [3.05, 3.63) is 39.8 Å². The Bertz CT molecular complexity index is 741. The van der Waals surface area contributed by atoms with Crippen molar-refractivity contribution in [1.29, 1.82) is 0 Å². The van der Waals surface area contributed by atoms with E-state index in [4.69, 9.17) is 0 Å². The van der Waals surface area contributed by atoms with E-state index in [9.17, 15) is 18.0 Å². The number of anilines is 2. The van der Waals surface area contributed by atoms with Gasteiger partial charge in [-0.15, -0.1) is 11.3 Å². The Morgan fingerprint density at radius 2 is 1.88 bits per heavy atom. The summed E-state index contributed by atoms with van der Waals surface area (Å²) < 4.78 is 37.2. The number of alkyl halides is 3. The molecule has 0 aliphatic carbocycles. The molecule has 0 aliphatic heterocycles. The third-order valence-corrected chi connectivity index (χ3v) is 4.46. The Kier molecular flexibility index (Phi) is 6.05. The minimum Gasteiger partial charge on any atom is -0.375 e. The summed E-state index contributed by atoms with van der Waals surface area (Å²) in [5.74, 6) is 0.0556. The van der Waals surface area contributed by atoms with Gasteiger partial charge in [0.25, 0.3) is 5.91 Å². The third-order valence-electron chi connectivity index (χ3n) is 3.28. The maximum absolute atomic E-state index is 12.5. The first kappa shape index (κ1) is 19.2. The molecule has 2 rings (SSSR count). The van der Waals surface area contributed by atoms with E-state index in [0.29, 0.717) is 22.2 Å². The van der Waals surface area contributed by atoms with Crippen molar-refractivity contribution in [2.45, 2.75) is 33.4 Å². The Morgan fingerprint density at radius 3 is 2.48 bits per heavy atom. The van der Waals surface area contributed by atoms with Crippen molar-refractivity contribution in [3.8, 4) is 0 Å². The van der Waals surface area contributed by atoms with E-state index in [-0.39, 0.29) is 11.6 Å². The van der Waals surface area contributed by atoms with Crippen molar-refractivity contribution in [1.82, 2.24) is 4.98 Å². The average Bonchev–Trinajstić information content (AvgIpc) is 2.85. The molecule has 0 fully saturated rings. The van der Waals surface area contributed by atoms with E-state index in [1.807, 2.05) is 0 Å². The van der Waals surface area contributed by atoms with Crippen LogP contribution in [0.5, 0.6) is 0 Å². The van der Waals surface area contributed by atoms with Crippen LogP contribution in [0.2, 0.25) is 0 Å². The molecule has 1 aromatic heterocycles. The first-order chi connectivity index (χ1) is 11.7. The van der Waals surface area contributed by atoms with Crippen molar-refractivity contribution < 1.29 is 18.0 Å². The first-order valence-electron chi connectivity index (χ1n) is 7.83. The topological polar surface area (TPSA) is 54.0 Å². The number of amides is 1. The number of hydrogen-bond acceptors (Lipinski definition) is 4. The lowest BCUT2D eigenvalue weighted by molar-refractivity contribution is -0.115. The minimum absolute atomic E-state index is 0.220. The van der Waals surface area contributed by atoms with Gasteiger partial charge in [0.1, 0.15) is 11.4 Å². The quantitative estimate of drug-likeness (QED) is 0.761. The molecule has 1 heterocycles. The van der Waals surface area contributed by atoms with Gasteiger partial charge in [0.2, 0.25) is 0 Å². The van der Waals surface area contributed by atoms with E-state index in [2.05, 4.69) is 29.5 Å². The molecule has 1 aromatic carbocycles. The molecular formula is C17H20F3N3OS. The van der Waals surface area contributed by atoms with Crippen LogP contribution in [0.1, 0.15) is 34.2 Å². The van der Waals surface area contributed by atoms with Gasteiger partial charge >= 0.3 is 6.18 Å². The van der Waals surface area contributed by atoms with Crippen molar-refractivity contribution in [3.63, 3.8) is 0 Å². The molecule has 136 valence electrons. The summed E-state index contributed by atoms with van der Waals surface area (Å²) in [6.07, 6.45) is -3.56. The van der Waals surface area contributed by atoms with Crippen LogP contribution in [-0.2, 0) is 6.42 Å². The molecular weight excluding hydrogens is 351 g/mol. The van der Waals surface area contributed by atoms with E-state index < -0.39 is 12.7 Å². The number of para-hydroxylation sites is 2. The maximum atomic E-state index is 12.5. The molecule has 1 amide bonds. The molecule has 0 saturated carbocycles. The van der Waals surface area contributed by atoms with Gasteiger partial charge < -0.3 is 10.6 Å². The second kappa shape index (κ2) is 7.86. The highest BCUT2D eigenvalue weighted by Gasteiger charge is 2.27. The van der Waals surface area contributed by atoms with Crippen LogP contribution in [0.25, 0.3) is 0 Å². The number of rotatable bonds is 6.